The van der Waals surface area contributed by atoms with Crippen molar-refractivity contribution in [3.63, 3.8) is 0 Å². The molecule has 6 aromatic carbocycles. The van der Waals surface area contributed by atoms with Gasteiger partial charge < -0.3 is 14.9 Å². The van der Waals surface area contributed by atoms with Crippen molar-refractivity contribution in [3.8, 4) is 0 Å². The van der Waals surface area contributed by atoms with Gasteiger partial charge in [-0.3, -0.25) is 14.4 Å². The van der Waals surface area contributed by atoms with Crippen LogP contribution < -0.4 is 13.3 Å². The third kappa shape index (κ3) is 27.9. The van der Waals surface area contributed by atoms with Gasteiger partial charge in [0.15, 0.2) is 29.1 Å². The second-order valence-electron chi connectivity index (χ2n) is 13.0. The van der Waals surface area contributed by atoms with Crippen molar-refractivity contribution in [2.24, 2.45) is 0 Å². The fraction of sp³-hybridized carbons (Fsp3) is 0.317. The first-order valence-corrected chi connectivity index (χ1v) is 43.0. The Bertz CT molecular complexity index is 2060. The van der Waals surface area contributed by atoms with Gasteiger partial charge in [0.2, 0.25) is 0 Å². The van der Waals surface area contributed by atoms with E-state index in [1.807, 2.05) is 217 Å². The molecule has 0 unspecified atom stereocenters. The minimum atomic E-state index is -1.73. The van der Waals surface area contributed by atoms with Gasteiger partial charge in [-0.25, -0.2) is 0 Å². The van der Waals surface area contributed by atoms with Crippen LogP contribution in [0, 0.1) is 0 Å². The molecule has 0 saturated carbocycles. The number of halogens is 6. The van der Waals surface area contributed by atoms with Crippen molar-refractivity contribution < 1.29 is 42.6 Å². The molecule has 0 amide bonds. The number of carbonyl (C=O) groups is 3. The van der Waals surface area contributed by atoms with Crippen LogP contribution in [0.5, 0.6) is 0 Å². The summed E-state index contributed by atoms with van der Waals surface area (Å²) in [5, 5.41) is 21.1. The molecule has 1 saturated heterocycles. The van der Waals surface area contributed by atoms with Gasteiger partial charge in [-0.15, -0.1) is 24.0 Å². The van der Waals surface area contributed by atoms with E-state index in [-0.39, 0.29) is 41.6 Å². The average molecular weight is 1660 g/mol. The van der Waals surface area contributed by atoms with Crippen LogP contribution in [-0.4, -0.2) is 39.8 Å². The van der Waals surface area contributed by atoms with E-state index in [1.54, 1.807) is 68.5 Å². The second-order valence-corrected chi connectivity index (χ2v) is 29.3. The number of ketones is 3. The summed E-state index contributed by atoms with van der Waals surface area (Å²) in [7, 11) is 0. The van der Waals surface area contributed by atoms with Gasteiger partial charge in [-0.05, 0) is 65.8 Å². The number of ether oxygens (including phenoxy) is 1. The third-order valence-corrected chi connectivity index (χ3v) is 9.12. The number of hydrogen-bond acceptors (Lipinski definition) is 6. The number of benzene rings is 6. The van der Waals surface area contributed by atoms with E-state index in [4.69, 9.17) is 4.74 Å². The molecule has 0 aromatic heterocycles. The number of rotatable bonds is 10. The molecule has 1 aliphatic rings. The summed E-state index contributed by atoms with van der Waals surface area (Å²) in [6.07, 6.45) is -0.176. The maximum absolute atomic E-state index is 11.6. The third-order valence-electron chi connectivity index (χ3n) is 9.12. The Morgan fingerprint density at radius 3 is 1.00 bits per heavy atom. The first-order valence-electron chi connectivity index (χ1n) is 24.2. The molecule has 2 atom stereocenters. The number of hydrogen-bond donors (Lipinski definition) is 2. The molecule has 1 heterocycles. The van der Waals surface area contributed by atoms with Crippen molar-refractivity contribution in [1.29, 1.82) is 0 Å². The van der Waals surface area contributed by atoms with E-state index in [0.29, 0.717) is 24.4 Å². The average Bonchev–Trinajstić information content (AvgIpc) is 4.24. The Labute approximate surface area is 506 Å². The van der Waals surface area contributed by atoms with Gasteiger partial charge in [-0.1, -0.05) is 265 Å². The molecule has 0 radical (unpaired) electrons. The van der Waals surface area contributed by atoms with E-state index in [2.05, 4.69) is 74.5 Å². The second kappa shape index (κ2) is 51.4. The summed E-state index contributed by atoms with van der Waals surface area (Å²) < 4.78 is 5.79. The van der Waals surface area contributed by atoms with Crippen LogP contribution in [-0.2, 0) is 30.3 Å². The van der Waals surface area contributed by atoms with Gasteiger partial charge in [0.25, 0.3) is 0 Å². The molecule has 6 nitrogen and oxygen atoms in total. The van der Waals surface area contributed by atoms with Crippen LogP contribution in [0.3, 0.4) is 0 Å². The summed E-state index contributed by atoms with van der Waals surface area (Å²) in [5.74, 6) is -0.342. The maximum atomic E-state index is 11.6. The SMILES string of the molecule is CC.CC.CC.CC.CC.CC.CC(=O)C=C(c1ccccc1)c1ccccc1.CC(=O)[C@H](O)C(O)(c1ccccc1)c1ccccc1.CC(=O)[C@H]1OC1(c1ccccc1)c1ccccc1.I.II.I[I-]I. The molecule has 72 heavy (non-hydrogen) atoms. The Morgan fingerprint density at radius 1 is 0.528 bits per heavy atom. The predicted octanol–water partition coefficient (Wildman–Crippen LogP) is 15.8. The fourth-order valence-electron chi connectivity index (χ4n) is 6.43. The van der Waals surface area contributed by atoms with E-state index in [1.165, 1.54) is 6.92 Å². The van der Waals surface area contributed by atoms with Crippen LogP contribution in [0.15, 0.2) is 188 Å². The number of Topliss-reactive ketones (excluding diaryl/α,β-unsaturated/α-hetero) is 2. The van der Waals surface area contributed by atoms with Crippen molar-refractivity contribution in [1.82, 2.24) is 0 Å². The van der Waals surface area contributed by atoms with Crippen molar-refractivity contribution in [3.05, 3.63) is 221 Å². The summed E-state index contributed by atoms with van der Waals surface area (Å²) in [4.78, 5) is 34.5. The molecule has 400 valence electrons. The van der Waals surface area contributed by atoms with Gasteiger partial charge >= 0.3 is 50.5 Å². The van der Waals surface area contributed by atoms with Crippen molar-refractivity contribution in [2.75, 3.05) is 0 Å². The zero-order valence-electron chi connectivity index (χ0n) is 44.9. The normalized spacial score (nSPS) is 11.7. The van der Waals surface area contributed by atoms with Gasteiger partial charge in [0.1, 0.15) is 11.7 Å². The minimum absolute atomic E-state index is 0. The molecule has 0 spiro atoms. The standard InChI is InChI=1S/C16H16O3.C16H14O2.C16H14O.6C2H6.I3.I2.HI/c1-12(17)15(18)16(19,13-8-4-2-5-9-13)14-10-6-3-7-11-14;1-12(17)15-16(18-15,13-8-4-2-5-9-13)14-10-6-3-7-11-14;1-13(17)12-16(14-8-4-2-5-9-14)15-10-6-3-7-11-15;6*1-2;1-3-2;1-2;/h2-11,15,18-19H,1H3;2-11,15H,1H3;2-12H,1H3;6*1-2H3;;;1H/q;;;;;;;;;-1;;/t2*15-;;;;;;;;;;/m01........../s1. The van der Waals surface area contributed by atoms with E-state index < -0.39 is 23.1 Å². The van der Waals surface area contributed by atoms with Crippen LogP contribution in [0.25, 0.3) is 5.57 Å². The monoisotopic (exact) mass is 1660 g/mol. The molecule has 7 rings (SSSR count). The number of carbonyl (C=O) groups excluding carboxylic acids is 3. The Kier molecular flexibility index (Phi) is 56.6. The molecule has 12 heteroatoms. The fourth-order valence-corrected chi connectivity index (χ4v) is 6.43. The molecule has 1 aliphatic heterocycles. The number of aliphatic hydroxyl groups excluding tert-OH is 1. The summed E-state index contributed by atoms with van der Waals surface area (Å²) >= 11 is 9.54. The van der Waals surface area contributed by atoms with Crippen molar-refractivity contribution in [2.45, 2.75) is 127 Å². The van der Waals surface area contributed by atoms with E-state index in [9.17, 15) is 24.6 Å². The van der Waals surface area contributed by atoms with Crippen molar-refractivity contribution >= 4 is 121 Å². The van der Waals surface area contributed by atoms with Gasteiger partial charge in [0.05, 0.1) is 0 Å². The Morgan fingerprint density at radius 2 is 0.778 bits per heavy atom. The Balaban J connectivity index is -0.000000269. The molecule has 6 aromatic rings. The Hall–Kier alpha value is -1.67. The number of aliphatic hydroxyl groups is 2. The first-order chi connectivity index (χ1) is 34.5. The summed E-state index contributed by atoms with van der Waals surface area (Å²) in [5.41, 5.74) is 3.85. The first kappa shape index (κ1) is 79.2. The molecule has 1 fully saturated rings. The quantitative estimate of drug-likeness (QED) is 0.0804. The predicted molar refractivity (Wildman–Crippen MR) is 352 cm³/mol. The molecule has 0 bridgehead atoms. The van der Waals surface area contributed by atoms with Gasteiger partial charge in [-0.2, -0.15) is 0 Å². The van der Waals surface area contributed by atoms with E-state index in [0.717, 1.165) is 27.8 Å². The zero-order chi connectivity index (χ0) is 55.3. The van der Waals surface area contributed by atoms with Crippen LogP contribution >= 0.6 is 98.4 Å². The molecular formula is C60H81I6O6-. The van der Waals surface area contributed by atoms with Crippen LogP contribution in [0.4, 0.5) is 0 Å². The van der Waals surface area contributed by atoms with Gasteiger partial charge in [0, 0.05) is 37.2 Å². The molecule has 0 aliphatic carbocycles. The zero-order valence-corrected chi connectivity index (χ0v) is 58.0. The summed E-state index contributed by atoms with van der Waals surface area (Å²) in [6.45, 7) is 28.4. The molecular weight excluding hydrogens is 1580 g/mol. The number of allylic oxidation sites excluding steroid dienone is 1. The number of epoxide rings is 1. The van der Waals surface area contributed by atoms with Crippen LogP contribution in [0.2, 0.25) is 0 Å². The topological polar surface area (TPSA) is 104 Å². The van der Waals surface area contributed by atoms with E-state index >= 15 is 0 Å². The molecule has 2 N–H and O–H groups in total. The van der Waals surface area contributed by atoms with Crippen LogP contribution in [0.1, 0.15) is 137 Å². The summed E-state index contributed by atoms with van der Waals surface area (Å²) in [6, 6.07) is 57.2.